The van der Waals surface area contributed by atoms with Crippen LogP contribution in [0.5, 0.6) is 11.5 Å². The molecular weight excluding hydrogens is 468 g/mol. The molecule has 2 unspecified atom stereocenters. The van der Waals surface area contributed by atoms with Crippen molar-refractivity contribution in [2.45, 2.75) is 31.7 Å². The summed E-state index contributed by atoms with van der Waals surface area (Å²) < 4.78 is 15.4. The number of methoxy groups -OCH3 is 1. The summed E-state index contributed by atoms with van der Waals surface area (Å²) in [5, 5.41) is 9.41. The van der Waals surface area contributed by atoms with Crippen molar-refractivity contribution < 1.29 is 9.47 Å². The fourth-order valence-corrected chi connectivity index (χ4v) is 5.15. The average molecular weight is 499 g/mol. The van der Waals surface area contributed by atoms with Crippen molar-refractivity contribution in [3.63, 3.8) is 0 Å². The number of nitrogens with one attached hydrogen (secondary N) is 1. The predicted octanol–water partition coefficient (Wildman–Crippen LogP) is 3.87. The maximum atomic E-state index is 6.34. The number of ether oxygens (including phenoxy) is 2. The molecular formula is C27H30N8O2. The van der Waals surface area contributed by atoms with Gasteiger partial charge in [-0.05, 0) is 55.7 Å². The van der Waals surface area contributed by atoms with Crippen LogP contribution in [0.15, 0.2) is 49.1 Å². The monoisotopic (exact) mass is 498 g/mol. The standard InChI is InChI=1S/C27H30N8O2/c1-16-10-19(6-9-23(16)37-20-7-8-22-21(11-20)32-15-34(22)2)35-27-24(26(28)30-14-31-27)25(33-35)17-4-5-18(13-36-3)29-12-17/h6-11,14-15,17-18,29H,4-5,12-13H2,1-3H3,(H2,28,30,31). The van der Waals surface area contributed by atoms with Crippen LogP contribution in [-0.4, -0.2) is 55.6 Å². The molecule has 3 aromatic heterocycles. The molecule has 37 heavy (non-hydrogen) atoms. The molecule has 1 fully saturated rings. The molecule has 10 heteroatoms. The highest BCUT2D eigenvalue weighted by Gasteiger charge is 2.28. The third kappa shape index (κ3) is 4.28. The lowest BCUT2D eigenvalue weighted by Crippen LogP contribution is -2.40. The SMILES string of the molecule is COCC1CCC(c2nn(-c3ccc(Oc4ccc5c(c4)ncn5C)c(C)c3)c3ncnc(N)c23)CN1. The Labute approximate surface area is 214 Å². The number of anilines is 1. The maximum absolute atomic E-state index is 6.34. The highest BCUT2D eigenvalue weighted by Crippen LogP contribution is 2.34. The average Bonchev–Trinajstić information content (AvgIpc) is 3.47. The van der Waals surface area contributed by atoms with E-state index in [1.165, 1.54) is 6.33 Å². The van der Waals surface area contributed by atoms with Crippen LogP contribution >= 0.6 is 0 Å². The van der Waals surface area contributed by atoms with Crippen LogP contribution in [0.4, 0.5) is 5.82 Å². The van der Waals surface area contributed by atoms with Gasteiger partial charge in [0.1, 0.15) is 23.6 Å². The lowest BCUT2D eigenvalue weighted by molar-refractivity contribution is 0.150. The van der Waals surface area contributed by atoms with E-state index in [4.69, 9.17) is 20.3 Å². The molecule has 5 aromatic rings. The lowest BCUT2D eigenvalue weighted by Gasteiger charge is -2.28. The highest BCUT2D eigenvalue weighted by atomic mass is 16.5. The second-order valence-electron chi connectivity index (χ2n) is 9.65. The van der Waals surface area contributed by atoms with Gasteiger partial charge >= 0.3 is 0 Å². The Morgan fingerprint density at radius 1 is 1.11 bits per heavy atom. The summed E-state index contributed by atoms with van der Waals surface area (Å²) >= 11 is 0. The van der Waals surface area contributed by atoms with E-state index in [1.54, 1.807) is 13.4 Å². The molecule has 4 heterocycles. The Hall–Kier alpha value is -4.02. The van der Waals surface area contributed by atoms with Gasteiger partial charge in [0.25, 0.3) is 0 Å². The molecule has 0 radical (unpaired) electrons. The molecule has 0 spiro atoms. The number of nitrogen functional groups attached to an aromatic ring is 1. The Kier molecular flexibility index (Phi) is 5.97. The van der Waals surface area contributed by atoms with Crippen LogP contribution in [0.25, 0.3) is 27.8 Å². The van der Waals surface area contributed by atoms with Crippen LogP contribution in [0.1, 0.15) is 30.0 Å². The van der Waals surface area contributed by atoms with Crippen LogP contribution in [0.3, 0.4) is 0 Å². The zero-order chi connectivity index (χ0) is 25.5. The largest absolute Gasteiger partial charge is 0.457 e. The van der Waals surface area contributed by atoms with Crippen LogP contribution in [-0.2, 0) is 11.8 Å². The van der Waals surface area contributed by atoms with E-state index in [9.17, 15) is 0 Å². The van der Waals surface area contributed by atoms with Crippen molar-refractivity contribution >= 4 is 27.9 Å². The summed E-state index contributed by atoms with van der Waals surface area (Å²) in [6.07, 6.45) is 5.30. The molecule has 6 rings (SSSR count). The Bertz CT molecular complexity index is 1580. The van der Waals surface area contributed by atoms with Gasteiger partial charge < -0.3 is 25.1 Å². The predicted molar refractivity (Wildman–Crippen MR) is 142 cm³/mol. The summed E-state index contributed by atoms with van der Waals surface area (Å²) in [5.41, 5.74) is 11.8. The smallest absolute Gasteiger partial charge is 0.168 e. The third-order valence-electron chi connectivity index (χ3n) is 7.12. The minimum Gasteiger partial charge on any atom is -0.457 e. The number of nitrogens with zero attached hydrogens (tertiary/aromatic N) is 6. The molecule has 0 saturated carbocycles. The fourth-order valence-electron chi connectivity index (χ4n) is 5.15. The maximum Gasteiger partial charge on any atom is 0.168 e. The zero-order valence-electron chi connectivity index (χ0n) is 21.2. The van der Waals surface area contributed by atoms with Gasteiger partial charge in [0.05, 0.1) is 40.7 Å². The first kappa shape index (κ1) is 23.4. The van der Waals surface area contributed by atoms with Gasteiger partial charge in [0.15, 0.2) is 5.65 Å². The molecule has 2 atom stereocenters. The first-order chi connectivity index (χ1) is 18.0. The van der Waals surface area contributed by atoms with E-state index in [1.807, 2.05) is 53.6 Å². The number of fused-ring (bicyclic) bond motifs is 2. The van der Waals surface area contributed by atoms with Crippen LogP contribution in [0, 0.1) is 6.92 Å². The summed E-state index contributed by atoms with van der Waals surface area (Å²) in [6.45, 7) is 3.53. The molecule has 190 valence electrons. The Morgan fingerprint density at radius 3 is 2.78 bits per heavy atom. The van der Waals surface area contributed by atoms with Crippen molar-refractivity contribution in [2.24, 2.45) is 7.05 Å². The quantitative estimate of drug-likeness (QED) is 0.362. The summed E-state index contributed by atoms with van der Waals surface area (Å²) in [6, 6.07) is 12.3. The normalized spacial score (nSPS) is 18.0. The zero-order valence-corrected chi connectivity index (χ0v) is 21.2. The van der Waals surface area contributed by atoms with Gasteiger partial charge in [-0.1, -0.05) is 0 Å². The molecule has 1 saturated heterocycles. The number of benzene rings is 2. The highest BCUT2D eigenvalue weighted by molar-refractivity contribution is 5.89. The topological polar surface area (TPSA) is 118 Å². The van der Waals surface area contributed by atoms with E-state index in [2.05, 4.69) is 26.3 Å². The molecule has 1 aliphatic heterocycles. The summed E-state index contributed by atoms with van der Waals surface area (Å²) in [5.74, 6) is 2.18. The fraction of sp³-hybridized carbons (Fsp3) is 0.333. The number of aromatic nitrogens is 6. The minimum atomic E-state index is 0.218. The molecule has 3 N–H and O–H groups in total. The van der Waals surface area contributed by atoms with Gasteiger partial charge in [-0.15, -0.1) is 0 Å². The van der Waals surface area contributed by atoms with E-state index in [0.29, 0.717) is 24.1 Å². The first-order valence-electron chi connectivity index (χ1n) is 12.4. The van der Waals surface area contributed by atoms with Gasteiger partial charge in [-0.3, -0.25) is 0 Å². The minimum absolute atomic E-state index is 0.218. The van der Waals surface area contributed by atoms with Crippen molar-refractivity contribution in [3.05, 3.63) is 60.3 Å². The van der Waals surface area contributed by atoms with Crippen molar-refractivity contribution in [1.82, 2.24) is 34.6 Å². The molecule has 1 aliphatic rings. The Balaban J connectivity index is 1.32. The number of nitrogens with two attached hydrogens (primary N) is 1. The number of hydrogen-bond donors (Lipinski definition) is 2. The van der Waals surface area contributed by atoms with Gasteiger partial charge in [-0.2, -0.15) is 5.10 Å². The Morgan fingerprint density at radius 2 is 2.00 bits per heavy atom. The first-order valence-corrected chi connectivity index (χ1v) is 12.4. The van der Waals surface area contributed by atoms with Crippen molar-refractivity contribution in [1.29, 1.82) is 0 Å². The second-order valence-corrected chi connectivity index (χ2v) is 9.65. The molecule has 2 aromatic carbocycles. The van der Waals surface area contributed by atoms with E-state index in [-0.39, 0.29) is 5.92 Å². The number of aryl methyl sites for hydroxylation is 2. The van der Waals surface area contributed by atoms with Crippen molar-refractivity contribution in [3.8, 4) is 17.2 Å². The molecule has 0 bridgehead atoms. The van der Waals surface area contributed by atoms with Crippen molar-refractivity contribution in [2.75, 3.05) is 26.0 Å². The van der Waals surface area contributed by atoms with Gasteiger partial charge in [0, 0.05) is 38.7 Å². The lowest BCUT2D eigenvalue weighted by atomic mass is 9.91. The number of rotatable bonds is 6. The summed E-state index contributed by atoms with van der Waals surface area (Å²) in [7, 11) is 3.71. The number of imidazole rings is 1. The van der Waals surface area contributed by atoms with E-state index >= 15 is 0 Å². The number of hydrogen-bond acceptors (Lipinski definition) is 8. The molecule has 10 nitrogen and oxygen atoms in total. The van der Waals surface area contributed by atoms with Gasteiger partial charge in [-0.25, -0.2) is 19.6 Å². The number of piperidine rings is 1. The van der Waals surface area contributed by atoms with Gasteiger partial charge in [0.2, 0.25) is 0 Å². The molecule has 0 aliphatic carbocycles. The summed E-state index contributed by atoms with van der Waals surface area (Å²) in [4.78, 5) is 13.2. The van der Waals surface area contributed by atoms with E-state index < -0.39 is 0 Å². The molecule has 0 amide bonds. The van der Waals surface area contributed by atoms with Crippen LogP contribution < -0.4 is 15.8 Å². The third-order valence-corrected chi connectivity index (χ3v) is 7.12. The van der Waals surface area contributed by atoms with Crippen LogP contribution in [0.2, 0.25) is 0 Å². The second kappa shape index (κ2) is 9.45. The van der Waals surface area contributed by atoms with E-state index in [0.717, 1.165) is 64.2 Å².